The molecule has 0 saturated heterocycles. The van der Waals surface area contributed by atoms with Crippen molar-refractivity contribution in [2.45, 2.75) is 26.1 Å². The molecule has 2 aliphatic rings. The second-order valence-electron chi connectivity index (χ2n) is 7.03. The maximum Gasteiger partial charge on any atom is 0.419 e. The number of phenols is 1. The highest BCUT2D eigenvalue weighted by atomic mass is 19.4. The van der Waals surface area contributed by atoms with Gasteiger partial charge in [0, 0.05) is 28.8 Å². The molecule has 1 N–H and O–H groups in total. The number of fused-ring (bicyclic) bond motifs is 1. The van der Waals surface area contributed by atoms with Crippen LogP contribution in [0.25, 0.3) is 11.3 Å². The van der Waals surface area contributed by atoms with E-state index in [0.717, 1.165) is 12.1 Å². The summed E-state index contributed by atoms with van der Waals surface area (Å²) in [7, 11) is 0. The van der Waals surface area contributed by atoms with Crippen molar-refractivity contribution in [1.29, 1.82) is 0 Å². The predicted molar refractivity (Wildman–Crippen MR) is 99.7 cm³/mol. The van der Waals surface area contributed by atoms with Crippen LogP contribution in [-0.2, 0) is 6.18 Å². The van der Waals surface area contributed by atoms with Crippen LogP contribution in [0.1, 0.15) is 29.2 Å². The van der Waals surface area contributed by atoms with E-state index in [0.29, 0.717) is 22.9 Å². The van der Waals surface area contributed by atoms with Crippen molar-refractivity contribution >= 4 is 17.6 Å². The van der Waals surface area contributed by atoms with Crippen LogP contribution in [0.5, 0.6) is 5.75 Å². The number of benzene rings is 2. The SMILES string of the molecule is CC1=C(c2c(C)cc(O)cc2F)C2C=C(c3ccc(F)c(C(F)(F)F)c3)N=C[N+]2=N1. The number of aliphatic imine (C=N–C) groups is 1. The van der Waals surface area contributed by atoms with Crippen LogP contribution in [0.15, 0.2) is 52.2 Å². The van der Waals surface area contributed by atoms with Crippen molar-refractivity contribution in [3.63, 3.8) is 0 Å². The molecule has 9 heteroatoms. The summed E-state index contributed by atoms with van der Waals surface area (Å²) in [5.74, 6) is -2.23. The molecule has 0 amide bonds. The largest absolute Gasteiger partial charge is 0.508 e. The number of aromatic hydroxyl groups is 1. The van der Waals surface area contributed by atoms with Crippen LogP contribution in [0.3, 0.4) is 0 Å². The van der Waals surface area contributed by atoms with Gasteiger partial charge in [0.15, 0.2) is 11.7 Å². The number of halogens is 5. The molecule has 0 spiro atoms. The van der Waals surface area contributed by atoms with E-state index in [-0.39, 0.29) is 22.6 Å². The van der Waals surface area contributed by atoms with Crippen LogP contribution in [0.4, 0.5) is 22.0 Å². The summed E-state index contributed by atoms with van der Waals surface area (Å²) in [6.45, 7) is 3.32. The first kappa shape index (κ1) is 19.9. The van der Waals surface area contributed by atoms with E-state index in [1.54, 1.807) is 19.9 Å². The maximum atomic E-state index is 14.7. The quantitative estimate of drug-likeness (QED) is 0.495. The van der Waals surface area contributed by atoms with E-state index in [4.69, 9.17) is 0 Å². The Morgan fingerprint density at radius 2 is 1.77 bits per heavy atom. The zero-order valence-electron chi connectivity index (χ0n) is 15.8. The van der Waals surface area contributed by atoms with Gasteiger partial charge in [0.2, 0.25) is 0 Å². The van der Waals surface area contributed by atoms with Crippen molar-refractivity contribution in [1.82, 2.24) is 0 Å². The highest BCUT2D eigenvalue weighted by molar-refractivity contribution is 5.83. The molecule has 0 bridgehead atoms. The summed E-state index contributed by atoms with van der Waals surface area (Å²) < 4.78 is 69.0. The number of rotatable bonds is 2. The molecular formula is C21H15F5N3O+. The average Bonchev–Trinajstić information content (AvgIpc) is 2.96. The van der Waals surface area contributed by atoms with Crippen LogP contribution < -0.4 is 0 Å². The summed E-state index contributed by atoms with van der Waals surface area (Å²) in [6, 6.07) is 4.43. The number of alkyl halides is 3. The van der Waals surface area contributed by atoms with Crippen molar-refractivity contribution in [2.75, 3.05) is 0 Å². The first-order valence-electron chi connectivity index (χ1n) is 8.89. The van der Waals surface area contributed by atoms with Crippen LogP contribution >= 0.6 is 0 Å². The molecule has 2 heterocycles. The summed E-state index contributed by atoms with van der Waals surface area (Å²) in [5.41, 5.74) is 0.619. The Balaban J connectivity index is 1.81. The van der Waals surface area contributed by atoms with Gasteiger partial charge in [-0.3, -0.25) is 0 Å². The van der Waals surface area contributed by atoms with Crippen LogP contribution in [0, 0.1) is 18.6 Å². The van der Waals surface area contributed by atoms with Gasteiger partial charge in [-0.1, -0.05) is 5.11 Å². The third-order valence-electron chi connectivity index (χ3n) is 4.98. The van der Waals surface area contributed by atoms with Gasteiger partial charge in [-0.15, -0.1) is 4.70 Å². The van der Waals surface area contributed by atoms with Crippen molar-refractivity contribution in [3.05, 3.63) is 76.0 Å². The lowest BCUT2D eigenvalue weighted by Gasteiger charge is -2.16. The third kappa shape index (κ3) is 3.30. The lowest BCUT2D eigenvalue weighted by Crippen LogP contribution is -2.24. The van der Waals surface area contributed by atoms with Crippen LogP contribution in [-0.4, -0.2) is 22.2 Å². The normalized spacial score (nSPS) is 18.4. The fourth-order valence-electron chi connectivity index (χ4n) is 3.68. The van der Waals surface area contributed by atoms with Gasteiger partial charge in [0.05, 0.1) is 11.3 Å². The van der Waals surface area contributed by atoms with Crippen LogP contribution in [0.2, 0.25) is 0 Å². The van der Waals surface area contributed by atoms with E-state index >= 15 is 0 Å². The number of phenolic OH excluding ortho intramolecular Hbond substituents is 1. The fraction of sp³-hybridized carbons (Fsp3) is 0.190. The van der Waals surface area contributed by atoms with Crippen molar-refractivity contribution < 1.29 is 31.8 Å². The molecule has 2 aliphatic heterocycles. The predicted octanol–water partition coefficient (Wildman–Crippen LogP) is 5.66. The Hall–Kier alpha value is -3.36. The zero-order valence-corrected chi connectivity index (χ0v) is 15.8. The number of aryl methyl sites for hydroxylation is 1. The third-order valence-corrected chi connectivity index (χ3v) is 4.98. The molecule has 1 atom stereocenters. The molecule has 1 unspecified atom stereocenters. The van der Waals surface area contributed by atoms with Gasteiger partial charge in [0.1, 0.15) is 17.4 Å². The lowest BCUT2D eigenvalue weighted by molar-refractivity contribution is -0.478. The van der Waals surface area contributed by atoms with Gasteiger partial charge in [-0.05, 0) is 48.7 Å². The highest BCUT2D eigenvalue weighted by Gasteiger charge is 2.38. The van der Waals surface area contributed by atoms with E-state index < -0.39 is 29.4 Å². The summed E-state index contributed by atoms with van der Waals surface area (Å²) in [5, 5.41) is 13.9. The van der Waals surface area contributed by atoms with E-state index in [1.165, 1.54) is 23.2 Å². The fourth-order valence-corrected chi connectivity index (χ4v) is 3.68. The lowest BCUT2D eigenvalue weighted by atomic mass is 9.91. The van der Waals surface area contributed by atoms with Gasteiger partial charge >= 0.3 is 12.5 Å². The minimum atomic E-state index is -4.85. The Morgan fingerprint density at radius 3 is 2.43 bits per heavy atom. The molecule has 0 fully saturated rings. The van der Waals surface area contributed by atoms with Gasteiger partial charge in [-0.25, -0.2) is 8.78 Å². The number of nitrogens with zero attached hydrogens (tertiary/aromatic N) is 3. The summed E-state index contributed by atoms with van der Waals surface area (Å²) >= 11 is 0. The molecule has 4 rings (SSSR count). The highest BCUT2D eigenvalue weighted by Crippen LogP contribution is 2.39. The molecule has 0 aromatic heterocycles. The first-order valence-corrected chi connectivity index (χ1v) is 8.89. The minimum absolute atomic E-state index is 0.0754. The molecule has 0 aliphatic carbocycles. The topological polar surface area (TPSA) is 48.0 Å². The van der Waals surface area contributed by atoms with E-state index in [2.05, 4.69) is 10.1 Å². The molecule has 0 saturated carbocycles. The molecule has 4 nitrogen and oxygen atoms in total. The molecule has 0 radical (unpaired) electrons. The Labute approximate surface area is 168 Å². The number of azo groups is 2. The monoisotopic (exact) mass is 420 g/mol. The summed E-state index contributed by atoms with van der Waals surface area (Å²) in [6.07, 6.45) is -1.96. The van der Waals surface area contributed by atoms with E-state index in [9.17, 15) is 27.1 Å². The van der Waals surface area contributed by atoms with Gasteiger partial charge < -0.3 is 5.11 Å². The second kappa shape index (κ2) is 6.86. The summed E-state index contributed by atoms with van der Waals surface area (Å²) in [4.78, 5) is 4.13. The number of hydrogen-bond donors (Lipinski definition) is 1. The zero-order chi connectivity index (χ0) is 21.8. The Kier molecular flexibility index (Phi) is 4.56. The Bertz CT molecular complexity index is 1170. The average molecular weight is 420 g/mol. The molecule has 154 valence electrons. The second-order valence-corrected chi connectivity index (χ2v) is 7.03. The maximum absolute atomic E-state index is 14.7. The smallest absolute Gasteiger partial charge is 0.419 e. The molecule has 2 aromatic carbocycles. The van der Waals surface area contributed by atoms with Gasteiger partial charge in [0.25, 0.3) is 0 Å². The Morgan fingerprint density at radius 1 is 1.03 bits per heavy atom. The van der Waals surface area contributed by atoms with E-state index in [1.807, 2.05) is 0 Å². The standard InChI is InChI=1S/C21H14F5N3O/c1-10-5-13(30)7-16(23)19(10)20-11(2)28-29-9-27-17(8-18(20)29)12-3-4-15(22)14(6-12)21(24,25)26/h3-9,18H,1-2H3/p+1. The number of allylic oxidation sites excluding steroid dienone is 1. The molecule has 2 aromatic rings. The molecular weight excluding hydrogens is 405 g/mol. The molecule has 30 heavy (non-hydrogen) atoms. The van der Waals surface area contributed by atoms with Crippen molar-refractivity contribution in [3.8, 4) is 5.75 Å². The van der Waals surface area contributed by atoms with Crippen molar-refractivity contribution in [2.24, 2.45) is 10.1 Å². The first-order chi connectivity index (χ1) is 14.1. The minimum Gasteiger partial charge on any atom is -0.508 e. The number of hydrogen-bond acceptors (Lipinski definition) is 3. The van der Waals surface area contributed by atoms with Gasteiger partial charge in [-0.2, -0.15) is 13.2 Å².